The summed E-state index contributed by atoms with van der Waals surface area (Å²) in [6.07, 6.45) is 23.0. The Balaban J connectivity index is 1.29. The van der Waals surface area contributed by atoms with E-state index in [9.17, 15) is 0 Å². The summed E-state index contributed by atoms with van der Waals surface area (Å²) in [5.41, 5.74) is 1.15. The molecular formula is C30H48N2OS. The van der Waals surface area contributed by atoms with Crippen molar-refractivity contribution in [3.8, 4) is 16.3 Å². The van der Waals surface area contributed by atoms with E-state index < -0.39 is 0 Å². The summed E-state index contributed by atoms with van der Waals surface area (Å²) < 4.78 is 6.04. The lowest BCUT2D eigenvalue weighted by Gasteiger charge is -2.28. The molecule has 1 aliphatic rings. The van der Waals surface area contributed by atoms with Crippen LogP contribution in [0.5, 0.6) is 5.75 Å². The van der Waals surface area contributed by atoms with E-state index in [2.05, 4.69) is 48.3 Å². The first-order valence-electron chi connectivity index (χ1n) is 14.3. The molecule has 4 heteroatoms. The maximum atomic E-state index is 6.04. The van der Waals surface area contributed by atoms with Gasteiger partial charge in [-0.3, -0.25) is 0 Å². The van der Waals surface area contributed by atoms with Crippen molar-refractivity contribution in [3.05, 3.63) is 29.3 Å². The maximum absolute atomic E-state index is 6.04. The highest BCUT2D eigenvalue weighted by molar-refractivity contribution is 7.14. The lowest BCUT2D eigenvalue weighted by Crippen LogP contribution is -2.15. The number of ether oxygens (including phenoxy) is 1. The SMILES string of the molecule is CCCCCCCCc1nnc(-c2ccc(OCCCC3CCC(CCCCC)CC3)cc2)s1. The fraction of sp³-hybridized carbons (Fsp3) is 0.733. The number of aromatic nitrogens is 2. The van der Waals surface area contributed by atoms with Crippen molar-refractivity contribution in [1.29, 1.82) is 0 Å². The molecular weight excluding hydrogens is 436 g/mol. The summed E-state index contributed by atoms with van der Waals surface area (Å²) in [4.78, 5) is 0. The lowest BCUT2D eigenvalue weighted by molar-refractivity contribution is 0.228. The molecule has 1 heterocycles. The Morgan fingerprint density at radius 2 is 1.35 bits per heavy atom. The molecule has 1 aromatic heterocycles. The van der Waals surface area contributed by atoms with E-state index in [1.54, 1.807) is 11.3 Å². The molecule has 0 bridgehead atoms. The maximum Gasteiger partial charge on any atom is 0.147 e. The van der Waals surface area contributed by atoms with E-state index in [-0.39, 0.29) is 0 Å². The lowest BCUT2D eigenvalue weighted by atomic mass is 9.78. The van der Waals surface area contributed by atoms with Crippen molar-refractivity contribution in [3.63, 3.8) is 0 Å². The van der Waals surface area contributed by atoms with Gasteiger partial charge in [-0.2, -0.15) is 0 Å². The summed E-state index contributed by atoms with van der Waals surface area (Å²) in [5, 5.41) is 11.0. The number of nitrogens with zero attached hydrogens (tertiary/aromatic N) is 2. The Kier molecular flexibility index (Phi) is 13.0. The number of hydrogen-bond donors (Lipinski definition) is 0. The average Bonchev–Trinajstić information content (AvgIpc) is 3.34. The third-order valence-electron chi connectivity index (χ3n) is 7.52. The smallest absolute Gasteiger partial charge is 0.147 e. The molecule has 0 unspecified atom stereocenters. The molecule has 1 saturated carbocycles. The fourth-order valence-electron chi connectivity index (χ4n) is 5.28. The Morgan fingerprint density at radius 1 is 0.735 bits per heavy atom. The molecule has 0 radical (unpaired) electrons. The van der Waals surface area contributed by atoms with Crippen LogP contribution < -0.4 is 4.74 Å². The van der Waals surface area contributed by atoms with Crippen LogP contribution in [0.2, 0.25) is 0 Å². The zero-order chi connectivity index (χ0) is 23.8. The molecule has 34 heavy (non-hydrogen) atoms. The molecule has 1 fully saturated rings. The van der Waals surface area contributed by atoms with Crippen molar-refractivity contribution in [1.82, 2.24) is 10.2 Å². The van der Waals surface area contributed by atoms with E-state index in [1.165, 1.54) is 108 Å². The van der Waals surface area contributed by atoms with E-state index in [0.717, 1.165) is 41.2 Å². The van der Waals surface area contributed by atoms with Crippen molar-refractivity contribution in [2.45, 2.75) is 123 Å². The molecule has 0 spiro atoms. The zero-order valence-corrected chi connectivity index (χ0v) is 22.7. The minimum atomic E-state index is 0.830. The molecule has 0 saturated heterocycles. The molecule has 0 N–H and O–H groups in total. The van der Waals surface area contributed by atoms with Crippen LogP contribution >= 0.6 is 11.3 Å². The second-order valence-electron chi connectivity index (χ2n) is 10.4. The van der Waals surface area contributed by atoms with Gasteiger partial charge in [0.25, 0.3) is 0 Å². The molecule has 0 atom stereocenters. The Bertz CT molecular complexity index is 764. The van der Waals surface area contributed by atoms with Gasteiger partial charge in [0, 0.05) is 12.0 Å². The Hall–Kier alpha value is -1.42. The molecule has 0 amide bonds. The van der Waals surface area contributed by atoms with Gasteiger partial charge in [-0.25, -0.2) is 0 Å². The number of hydrogen-bond acceptors (Lipinski definition) is 4. The van der Waals surface area contributed by atoms with Crippen LogP contribution in [0.3, 0.4) is 0 Å². The standard InChI is InChI=1S/C30H48N2OS/c1-3-5-7-8-9-11-15-29-31-32-30(34-29)27-20-22-28(23-21-27)33-24-12-14-26-18-16-25(17-19-26)13-10-6-4-2/h20-23,25-26H,3-19,24H2,1-2H3. The summed E-state index contributed by atoms with van der Waals surface area (Å²) in [6.45, 7) is 5.40. The molecule has 3 rings (SSSR count). The van der Waals surface area contributed by atoms with Crippen LogP contribution in [0.1, 0.15) is 122 Å². The molecule has 0 aliphatic heterocycles. The van der Waals surface area contributed by atoms with Crippen LogP contribution in [0.25, 0.3) is 10.6 Å². The van der Waals surface area contributed by atoms with Crippen molar-refractivity contribution in [2.75, 3.05) is 6.61 Å². The number of rotatable bonds is 17. The summed E-state index contributed by atoms with van der Waals surface area (Å²) >= 11 is 1.74. The minimum Gasteiger partial charge on any atom is -0.494 e. The third-order valence-corrected chi connectivity index (χ3v) is 8.55. The predicted octanol–water partition coefficient (Wildman–Crippen LogP) is 9.65. The van der Waals surface area contributed by atoms with Crippen molar-refractivity contribution in [2.24, 2.45) is 11.8 Å². The van der Waals surface area contributed by atoms with Gasteiger partial charge in [-0.05, 0) is 55.4 Å². The first-order chi connectivity index (χ1) is 16.8. The van der Waals surface area contributed by atoms with Gasteiger partial charge in [0.05, 0.1) is 6.61 Å². The van der Waals surface area contributed by atoms with Gasteiger partial charge >= 0.3 is 0 Å². The van der Waals surface area contributed by atoms with Crippen LogP contribution in [-0.4, -0.2) is 16.8 Å². The monoisotopic (exact) mass is 484 g/mol. The van der Waals surface area contributed by atoms with Gasteiger partial charge in [0.1, 0.15) is 15.8 Å². The van der Waals surface area contributed by atoms with Gasteiger partial charge < -0.3 is 4.74 Å². The molecule has 2 aromatic rings. The average molecular weight is 485 g/mol. The quantitative estimate of drug-likeness (QED) is 0.210. The Labute approximate surface area is 213 Å². The molecule has 1 aliphatic carbocycles. The van der Waals surface area contributed by atoms with Gasteiger partial charge in [0.2, 0.25) is 0 Å². The molecule has 3 nitrogen and oxygen atoms in total. The van der Waals surface area contributed by atoms with Crippen LogP contribution in [0.15, 0.2) is 24.3 Å². The summed E-state index contributed by atoms with van der Waals surface area (Å²) in [7, 11) is 0. The van der Waals surface area contributed by atoms with E-state index in [0.29, 0.717) is 0 Å². The number of unbranched alkanes of at least 4 members (excludes halogenated alkanes) is 7. The normalized spacial score (nSPS) is 18.3. The van der Waals surface area contributed by atoms with E-state index in [1.807, 2.05) is 0 Å². The van der Waals surface area contributed by atoms with Crippen molar-refractivity contribution < 1.29 is 4.74 Å². The second-order valence-corrected chi connectivity index (χ2v) is 11.5. The number of aryl methyl sites for hydroxylation is 1. The van der Waals surface area contributed by atoms with Crippen molar-refractivity contribution >= 4 is 11.3 Å². The first-order valence-corrected chi connectivity index (χ1v) is 15.2. The predicted molar refractivity (Wildman–Crippen MR) is 147 cm³/mol. The van der Waals surface area contributed by atoms with Gasteiger partial charge in [-0.1, -0.05) is 109 Å². The summed E-state index contributed by atoms with van der Waals surface area (Å²) in [6, 6.07) is 8.44. The molecule has 190 valence electrons. The minimum absolute atomic E-state index is 0.830. The highest BCUT2D eigenvalue weighted by atomic mass is 32.1. The van der Waals surface area contributed by atoms with Gasteiger partial charge in [0.15, 0.2) is 0 Å². The molecule has 1 aromatic carbocycles. The summed E-state index contributed by atoms with van der Waals surface area (Å²) in [5.74, 6) is 2.91. The van der Waals surface area contributed by atoms with Crippen LogP contribution in [0, 0.1) is 11.8 Å². The van der Waals surface area contributed by atoms with E-state index >= 15 is 0 Å². The topological polar surface area (TPSA) is 35.0 Å². The highest BCUT2D eigenvalue weighted by Gasteiger charge is 2.20. The fourth-order valence-corrected chi connectivity index (χ4v) is 6.16. The van der Waals surface area contributed by atoms with Crippen LogP contribution in [0.4, 0.5) is 0 Å². The highest BCUT2D eigenvalue weighted by Crippen LogP contribution is 2.34. The second kappa shape index (κ2) is 16.3. The first kappa shape index (κ1) is 27.2. The Morgan fingerprint density at radius 3 is 2.06 bits per heavy atom. The third kappa shape index (κ3) is 10.1. The van der Waals surface area contributed by atoms with E-state index in [4.69, 9.17) is 4.74 Å². The van der Waals surface area contributed by atoms with Gasteiger partial charge in [-0.15, -0.1) is 10.2 Å². The largest absolute Gasteiger partial charge is 0.494 e. The van der Waals surface area contributed by atoms with Crippen LogP contribution in [-0.2, 0) is 6.42 Å². The zero-order valence-electron chi connectivity index (χ0n) is 21.9. The number of benzene rings is 1.